The van der Waals surface area contributed by atoms with E-state index in [9.17, 15) is 19.2 Å². The molecular formula is C22H20N2O6. The Labute approximate surface area is 173 Å². The SMILES string of the molecule is CCC(=O)Oc1ccc(/C=C2/C(=O)NC(=O)N(c3cccc(C)c3)C2=O)cc1OC. The lowest BCUT2D eigenvalue weighted by Gasteiger charge is -2.26. The average molecular weight is 408 g/mol. The third-order valence-electron chi connectivity index (χ3n) is 4.37. The van der Waals surface area contributed by atoms with Gasteiger partial charge >= 0.3 is 12.0 Å². The number of esters is 1. The molecule has 8 nitrogen and oxygen atoms in total. The van der Waals surface area contributed by atoms with Crippen LogP contribution in [-0.4, -0.2) is 30.9 Å². The summed E-state index contributed by atoms with van der Waals surface area (Å²) in [4.78, 5) is 50.0. The van der Waals surface area contributed by atoms with Gasteiger partial charge in [-0.05, 0) is 48.4 Å². The Balaban J connectivity index is 1.97. The summed E-state index contributed by atoms with van der Waals surface area (Å²) < 4.78 is 10.4. The molecule has 30 heavy (non-hydrogen) atoms. The van der Waals surface area contributed by atoms with E-state index in [-0.39, 0.29) is 23.5 Å². The number of aryl methyl sites for hydroxylation is 1. The number of carbonyl (C=O) groups excluding carboxylic acids is 4. The van der Waals surface area contributed by atoms with Crippen LogP contribution in [0.3, 0.4) is 0 Å². The van der Waals surface area contributed by atoms with Gasteiger partial charge in [0, 0.05) is 6.42 Å². The first-order chi connectivity index (χ1) is 14.3. The summed E-state index contributed by atoms with van der Waals surface area (Å²) in [6, 6.07) is 10.6. The van der Waals surface area contributed by atoms with E-state index in [1.165, 1.54) is 25.3 Å². The molecule has 1 aliphatic rings. The number of nitrogens with zero attached hydrogens (tertiary/aromatic N) is 1. The number of ether oxygens (including phenoxy) is 2. The van der Waals surface area contributed by atoms with Crippen LogP contribution in [0.4, 0.5) is 10.5 Å². The lowest BCUT2D eigenvalue weighted by molar-refractivity contribution is -0.134. The maximum Gasteiger partial charge on any atom is 0.335 e. The molecule has 1 aliphatic heterocycles. The molecule has 8 heteroatoms. The highest BCUT2D eigenvalue weighted by atomic mass is 16.6. The van der Waals surface area contributed by atoms with E-state index in [0.717, 1.165) is 10.5 Å². The van der Waals surface area contributed by atoms with Crippen molar-refractivity contribution in [2.24, 2.45) is 0 Å². The number of hydrogen-bond donors (Lipinski definition) is 1. The quantitative estimate of drug-likeness (QED) is 0.353. The summed E-state index contributed by atoms with van der Waals surface area (Å²) in [6.07, 6.45) is 1.55. The Morgan fingerprint density at radius 2 is 1.87 bits per heavy atom. The molecule has 0 spiro atoms. The van der Waals surface area contributed by atoms with Crippen molar-refractivity contribution in [2.45, 2.75) is 20.3 Å². The standard InChI is InChI=1S/C22H20N2O6/c1-4-19(25)30-17-9-8-14(12-18(17)29-3)11-16-20(26)23-22(28)24(21(16)27)15-7-5-6-13(2)10-15/h5-12H,4H2,1-3H3,(H,23,26,28)/b16-11-. The van der Waals surface area contributed by atoms with Crippen molar-refractivity contribution in [2.75, 3.05) is 12.0 Å². The number of rotatable bonds is 5. The molecule has 1 fully saturated rings. The maximum atomic E-state index is 12.9. The fourth-order valence-electron chi connectivity index (χ4n) is 2.88. The lowest BCUT2D eigenvalue weighted by Crippen LogP contribution is -2.54. The number of imide groups is 2. The zero-order valence-electron chi connectivity index (χ0n) is 16.7. The fraction of sp³-hybridized carbons (Fsp3) is 0.182. The molecule has 0 aliphatic carbocycles. The van der Waals surface area contributed by atoms with E-state index in [4.69, 9.17) is 9.47 Å². The van der Waals surface area contributed by atoms with Gasteiger partial charge in [-0.15, -0.1) is 0 Å². The topological polar surface area (TPSA) is 102 Å². The van der Waals surface area contributed by atoms with Crippen molar-refractivity contribution in [1.29, 1.82) is 0 Å². The van der Waals surface area contributed by atoms with Crippen molar-refractivity contribution in [3.05, 3.63) is 59.2 Å². The Hall–Kier alpha value is -3.94. The van der Waals surface area contributed by atoms with Gasteiger partial charge in [0.15, 0.2) is 11.5 Å². The third kappa shape index (κ3) is 4.22. The van der Waals surface area contributed by atoms with Gasteiger partial charge in [-0.25, -0.2) is 9.69 Å². The number of hydrogen-bond acceptors (Lipinski definition) is 6. The number of methoxy groups -OCH3 is 1. The van der Waals surface area contributed by atoms with E-state index in [1.807, 2.05) is 13.0 Å². The molecular weight excluding hydrogens is 388 g/mol. The zero-order valence-corrected chi connectivity index (χ0v) is 16.7. The molecule has 3 rings (SSSR count). The lowest BCUT2D eigenvalue weighted by atomic mass is 10.1. The van der Waals surface area contributed by atoms with Crippen LogP contribution in [0, 0.1) is 6.92 Å². The molecule has 0 radical (unpaired) electrons. The molecule has 2 aromatic carbocycles. The molecule has 0 saturated carbocycles. The molecule has 0 unspecified atom stereocenters. The summed E-state index contributed by atoms with van der Waals surface area (Å²) in [7, 11) is 1.41. The zero-order chi connectivity index (χ0) is 21.8. The Kier molecular flexibility index (Phi) is 5.96. The van der Waals surface area contributed by atoms with E-state index in [0.29, 0.717) is 11.3 Å². The second-order valence-corrected chi connectivity index (χ2v) is 6.53. The number of nitrogens with one attached hydrogen (secondary N) is 1. The molecule has 1 heterocycles. The van der Waals surface area contributed by atoms with Crippen LogP contribution < -0.4 is 19.7 Å². The van der Waals surface area contributed by atoms with Crippen molar-refractivity contribution in [3.63, 3.8) is 0 Å². The van der Waals surface area contributed by atoms with E-state index < -0.39 is 23.8 Å². The van der Waals surface area contributed by atoms with Crippen LogP contribution in [-0.2, 0) is 14.4 Å². The van der Waals surface area contributed by atoms with Crippen LogP contribution in [0.15, 0.2) is 48.0 Å². The number of urea groups is 1. The molecule has 4 amide bonds. The van der Waals surface area contributed by atoms with E-state index in [2.05, 4.69) is 5.32 Å². The minimum Gasteiger partial charge on any atom is -0.493 e. The average Bonchev–Trinajstić information content (AvgIpc) is 2.71. The summed E-state index contributed by atoms with van der Waals surface area (Å²) in [6.45, 7) is 3.50. The molecule has 1 N–H and O–H groups in total. The second-order valence-electron chi connectivity index (χ2n) is 6.53. The highest BCUT2D eigenvalue weighted by Crippen LogP contribution is 2.30. The van der Waals surface area contributed by atoms with Crippen LogP contribution in [0.2, 0.25) is 0 Å². The number of benzene rings is 2. The van der Waals surface area contributed by atoms with E-state index in [1.54, 1.807) is 31.2 Å². The van der Waals surface area contributed by atoms with Gasteiger partial charge in [-0.3, -0.25) is 19.7 Å². The second kappa shape index (κ2) is 8.60. The smallest absolute Gasteiger partial charge is 0.335 e. The maximum absolute atomic E-state index is 12.9. The van der Waals surface area contributed by atoms with Crippen LogP contribution in [0.25, 0.3) is 6.08 Å². The fourth-order valence-corrected chi connectivity index (χ4v) is 2.88. The minimum absolute atomic E-state index is 0.201. The molecule has 0 bridgehead atoms. The Morgan fingerprint density at radius 1 is 1.10 bits per heavy atom. The van der Waals surface area contributed by atoms with Crippen LogP contribution in [0.1, 0.15) is 24.5 Å². The van der Waals surface area contributed by atoms with Gasteiger partial charge in [0.1, 0.15) is 5.57 Å². The first kappa shape index (κ1) is 20.8. The van der Waals surface area contributed by atoms with Gasteiger partial charge in [0.25, 0.3) is 11.8 Å². The summed E-state index contributed by atoms with van der Waals surface area (Å²) in [5.74, 6) is -1.47. The Bertz CT molecular complexity index is 1070. The number of amides is 4. The molecule has 2 aromatic rings. The number of barbiturate groups is 1. The molecule has 0 atom stereocenters. The summed E-state index contributed by atoms with van der Waals surface area (Å²) >= 11 is 0. The van der Waals surface area contributed by atoms with E-state index >= 15 is 0 Å². The minimum atomic E-state index is -0.813. The first-order valence-electron chi connectivity index (χ1n) is 9.21. The Morgan fingerprint density at radius 3 is 2.53 bits per heavy atom. The van der Waals surface area contributed by atoms with Gasteiger partial charge < -0.3 is 9.47 Å². The number of carbonyl (C=O) groups is 4. The highest BCUT2D eigenvalue weighted by Gasteiger charge is 2.36. The molecule has 0 aromatic heterocycles. The van der Waals surface area contributed by atoms with Gasteiger partial charge in [0.05, 0.1) is 12.8 Å². The van der Waals surface area contributed by atoms with Gasteiger partial charge in [0.2, 0.25) is 0 Å². The predicted octanol–water partition coefficient (Wildman–Crippen LogP) is 2.99. The first-order valence-corrected chi connectivity index (χ1v) is 9.21. The van der Waals surface area contributed by atoms with Gasteiger partial charge in [-0.2, -0.15) is 0 Å². The monoisotopic (exact) mass is 408 g/mol. The molecule has 1 saturated heterocycles. The third-order valence-corrected chi connectivity index (χ3v) is 4.37. The number of anilines is 1. The summed E-state index contributed by atoms with van der Waals surface area (Å²) in [5.41, 5.74) is 1.46. The van der Waals surface area contributed by atoms with Crippen molar-refractivity contribution >= 4 is 35.6 Å². The normalized spacial score (nSPS) is 15.2. The van der Waals surface area contributed by atoms with Crippen molar-refractivity contribution in [3.8, 4) is 11.5 Å². The highest BCUT2D eigenvalue weighted by molar-refractivity contribution is 6.39. The van der Waals surface area contributed by atoms with Crippen molar-refractivity contribution in [1.82, 2.24) is 5.32 Å². The van der Waals surface area contributed by atoms with Crippen LogP contribution in [0.5, 0.6) is 11.5 Å². The van der Waals surface area contributed by atoms with Gasteiger partial charge in [-0.1, -0.05) is 25.1 Å². The van der Waals surface area contributed by atoms with Crippen LogP contribution >= 0.6 is 0 Å². The summed E-state index contributed by atoms with van der Waals surface area (Å²) in [5, 5.41) is 2.18. The van der Waals surface area contributed by atoms with Crippen molar-refractivity contribution < 1.29 is 28.7 Å². The predicted molar refractivity (Wildman–Crippen MR) is 109 cm³/mol. The largest absolute Gasteiger partial charge is 0.493 e. The molecule has 154 valence electrons.